The van der Waals surface area contributed by atoms with Gasteiger partial charge in [0, 0.05) is 29.2 Å². The summed E-state index contributed by atoms with van der Waals surface area (Å²) in [6.45, 7) is 1.63. The van der Waals surface area contributed by atoms with E-state index in [2.05, 4.69) is 39.9 Å². The van der Waals surface area contributed by atoms with Gasteiger partial charge < -0.3 is 15.4 Å². The van der Waals surface area contributed by atoms with Crippen LogP contribution in [0.4, 0.5) is 0 Å². The maximum atomic E-state index is 13.2. The van der Waals surface area contributed by atoms with Gasteiger partial charge >= 0.3 is 0 Å². The molecular weight excluding hydrogens is 448 g/mol. The molecule has 1 aliphatic heterocycles. The molecule has 1 fully saturated rings. The van der Waals surface area contributed by atoms with Gasteiger partial charge in [-0.2, -0.15) is 0 Å². The minimum Gasteiger partial charge on any atom is -0.496 e. The summed E-state index contributed by atoms with van der Waals surface area (Å²) < 4.78 is 7.18. The molecule has 6 nitrogen and oxygen atoms in total. The van der Waals surface area contributed by atoms with Crippen LogP contribution in [0.5, 0.6) is 5.75 Å². The van der Waals surface area contributed by atoms with Crippen LogP contribution in [0.3, 0.4) is 0 Å². The van der Waals surface area contributed by atoms with Crippen LogP contribution in [0.2, 0.25) is 5.02 Å². The lowest BCUT2D eigenvalue weighted by molar-refractivity contribution is 0.303. The summed E-state index contributed by atoms with van der Waals surface area (Å²) >= 11 is 6.12. The van der Waals surface area contributed by atoms with Crippen LogP contribution in [0.25, 0.3) is 16.6 Å². The summed E-state index contributed by atoms with van der Waals surface area (Å²) in [6, 6.07) is 22.0. The van der Waals surface area contributed by atoms with Crippen molar-refractivity contribution in [2.45, 2.75) is 31.5 Å². The number of nitrogens with zero attached hydrogens (tertiary/aromatic N) is 2. The molecule has 0 amide bonds. The molecule has 0 aliphatic carbocycles. The van der Waals surface area contributed by atoms with E-state index in [1.807, 2.05) is 24.3 Å². The van der Waals surface area contributed by atoms with Gasteiger partial charge in [-0.15, -0.1) is 0 Å². The largest absolute Gasteiger partial charge is 0.496 e. The average molecular weight is 475 g/mol. The van der Waals surface area contributed by atoms with Crippen molar-refractivity contribution in [1.82, 2.24) is 20.2 Å². The molecule has 174 valence electrons. The van der Waals surface area contributed by atoms with Gasteiger partial charge in [-0.3, -0.25) is 9.36 Å². The van der Waals surface area contributed by atoms with E-state index in [-0.39, 0.29) is 17.6 Å². The predicted molar refractivity (Wildman–Crippen MR) is 136 cm³/mol. The highest BCUT2D eigenvalue weighted by atomic mass is 35.5. The number of hydrogen-bond acceptors (Lipinski definition) is 5. The van der Waals surface area contributed by atoms with Crippen molar-refractivity contribution in [2.24, 2.45) is 0 Å². The van der Waals surface area contributed by atoms with Crippen LogP contribution >= 0.6 is 11.6 Å². The first-order chi connectivity index (χ1) is 16.6. The smallest absolute Gasteiger partial charge is 0.265 e. The van der Waals surface area contributed by atoms with Crippen molar-refractivity contribution in [2.75, 3.05) is 13.7 Å². The van der Waals surface area contributed by atoms with Crippen molar-refractivity contribution in [3.05, 3.63) is 99.6 Å². The second-order valence-electron chi connectivity index (χ2n) is 8.55. The number of aromatic nitrogens is 2. The minimum atomic E-state index is -0.155. The Balaban J connectivity index is 1.43. The summed E-state index contributed by atoms with van der Waals surface area (Å²) in [6.07, 6.45) is 3.77. The van der Waals surface area contributed by atoms with Crippen LogP contribution in [-0.2, 0) is 6.54 Å². The highest BCUT2D eigenvalue weighted by Gasteiger charge is 2.25. The Morgan fingerprint density at radius 3 is 2.82 bits per heavy atom. The number of piperidine rings is 1. The van der Waals surface area contributed by atoms with Gasteiger partial charge in [0.2, 0.25) is 0 Å². The van der Waals surface area contributed by atoms with E-state index in [9.17, 15) is 4.79 Å². The summed E-state index contributed by atoms with van der Waals surface area (Å²) in [5.41, 5.74) is 3.47. The normalized spacial score (nSPS) is 18.2. The summed E-state index contributed by atoms with van der Waals surface area (Å²) in [5.74, 6) is 0.779. The topological polar surface area (TPSA) is 68.2 Å². The van der Waals surface area contributed by atoms with Crippen LogP contribution in [0.15, 0.2) is 77.9 Å². The fraction of sp³-hybridized carbons (Fsp3) is 0.259. The zero-order valence-electron chi connectivity index (χ0n) is 19.0. The fourth-order valence-corrected chi connectivity index (χ4v) is 4.86. The lowest BCUT2D eigenvalue weighted by Gasteiger charge is -2.34. The second kappa shape index (κ2) is 9.97. The molecule has 5 rings (SSSR count). The Bertz CT molecular complexity index is 1360. The highest BCUT2D eigenvalue weighted by Crippen LogP contribution is 2.26. The van der Waals surface area contributed by atoms with Crippen LogP contribution < -0.4 is 20.9 Å². The summed E-state index contributed by atoms with van der Waals surface area (Å²) in [4.78, 5) is 17.6. The van der Waals surface area contributed by atoms with Gasteiger partial charge in [-0.25, -0.2) is 4.98 Å². The standard InChI is InChI=1S/C27H27ClN4O2/c1-34-25-12-10-21(32-17-31-23-11-9-20(28)15-22(23)27(32)33)14-19(25)16-30-24-8-5-13-29-26(24)18-6-3-2-4-7-18/h2-4,6-7,9-12,14-15,17,24,26,29-30H,5,8,13,16H2,1H3/t24-,26-/m0/s1. The number of hydrogen-bond donors (Lipinski definition) is 2. The second-order valence-corrected chi connectivity index (χ2v) is 8.99. The lowest BCUT2D eigenvalue weighted by atomic mass is 9.92. The molecule has 7 heteroatoms. The van der Waals surface area contributed by atoms with Gasteiger partial charge in [0.25, 0.3) is 5.56 Å². The fourth-order valence-electron chi connectivity index (χ4n) is 4.69. The molecule has 1 aliphatic rings. The number of nitrogens with one attached hydrogen (secondary N) is 2. The van der Waals surface area contributed by atoms with E-state index in [0.29, 0.717) is 22.5 Å². The molecule has 2 N–H and O–H groups in total. The molecule has 2 heterocycles. The summed E-state index contributed by atoms with van der Waals surface area (Å²) in [5, 5.41) is 8.39. The van der Waals surface area contributed by atoms with Crippen LogP contribution in [-0.4, -0.2) is 29.2 Å². The first-order valence-electron chi connectivity index (χ1n) is 11.5. The maximum absolute atomic E-state index is 13.2. The third kappa shape index (κ3) is 4.57. The monoisotopic (exact) mass is 474 g/mol. The molecule has 4 aromatic rings. The Morgan fingerprint density at radius 2 is 2.00 bits per heavy atom. The molecule has 34 heavy (non-hydrogen) atoms. The van der Waals surface area contributed by atoms with E-state index in [1.54, 1.807) is 36.2 Å². The van der Waals surface area contributed by atoms with Gasteiger partial charge in [0.15, 0.2) is 0 Å². The van der Waals surface area contributed by atoms with Gasteiger partial charge in [-0.1, -0.05) is 41.9 Å². The Kier molecular flexibility index (Phi) is 6.63. The van der Waals surface area contributed by atoms with E-state index in [4.69, 9.17) is 16.3 Å². The average Bonchev–Trinajstić information content (AvgIpc) is 2.88. The predicted octanol–water partition coefficient (Wildman–Crippen LogP) is 4.63. The van der Waals surface area contributed by atoms with Crippen molar-refractivity contribution in [3.63, 3.8) is 0 Å². The Morgan fingerprint density at radius 1 is 1.15 bits per heavy atom. The van der Waals surface area contributed by atoms with Crippen LogP contribution in [0.1, 0.15) is 30.0 Å². The van der Waals surface area contributed by atoms with Gasteiger partial charge in [0.1, 0.15) is 12.1 Å². The Hall–Kier alpha value is -3.19. The molecule has 2 atom stereocenters. The summed E-state index contributed by atoms with van der Waals surface area (Å²) in [7, 11) is 1.67. The molecule has 0 radical (unpaired) electrons. The van der Waals surface area contributed by atoms with Gasteiger partial charge in [-0.05, 0) is 61.3 Å². The maximum Gasteiger partial charge on any atom is 0.265 e. The lowest BCUT2D eigenvalue weighted by Crippen LogP contribution is -2.45. The zero-order valence-corrected chi connectivity index (χ0v) is 19.8. The number of benzene rings is 3. The highest BCUT2D eigenvalue weighted by molar-refractivity contribution is 6.31. The quantitative estimate of drug-likeness (QED) is 0.426. The van der Waals surface area contributed by atoms with Crippen molar-refractivity contribution in [3.8, 4) is 11.4 Å². The van der Waals surface area contributed by atoms with E-state index in [0.717, 1.165) is 36.4 Å². The third-order valence-electron chi connectivity index (χ3n) is 6.43. The molecule has 0 bridgehead atoms. The molecule has 1 aromatic heterocycles. The Labute approximate surface area is 203 Å². The first kappa shape index (κ1) is 22.6. The molecule has 0 spiro atoms. The van der Waals surface area contributed by atoms with E-state index in [1.165, 1.54) is 5.56 Å². The number of halogens is 1. The number of methoxy groups -OCH3 is 1. The minimum absolute atomic E-state index is 0.155. The van der Waals surface area contributed by atoms with Crippen molar-refractivity contribution in [1.29, 1.82) is 0 Å². The molecule has 0 saturated carbocycles. The molecule has 3 aromatic carbocycles. The van der Waals surface area contributed by atoms with Crippen molar-refractivity contribution >= 4 is 22.5 Å². The molecule has 1 saturated heterocycles. The number of fused-ring (bicyclic) bond motifs is 1. The number of ether oxygens (including phenoxy) is 1. The van der Waals surface area contributed by atoms with E-state index < -0.39 is 0 Å². The van der Waals surface area contributed by atoms with Crippen LogP contribution in [0, 0.1) is 0 Å². The zero-order chi connectivity index (χ0) is 23.5. The van der Waals surface area contributed by atoms with Gasteiger partial charge in [0.05, 0.1) is 23.7 Å². The van der Waals surface area contributed by atoms with E-state index >= 15 is 0 Å². The number of rotatable bonds is 6. The first-order valence-corrected chi connectivity index (χ1v) is 11.9. The SMILES string of the molecule is COc1ccc(-n2cnc3ccc(Cl)cc3c2=O)cc1CN[C@H]1CCCN[C@H]1c1ccccc1. The van der Waals surface area contributed by atoms with Crippen molar-refractivity contribution < 1.29 is 4.74 Å². The molecule has 0 unspecified atom stereocenters. The third-order valence-corrected chi connectivity index (χ3v) is 6.67. The molecular formula is C27H27ClN4O2.